The Morgan fingerprint density at radius 2 is 1.67 bits per heavy atom. The van der Waals surface area contributed by atoms with Crippen LogP contribution in [0.3, 0.4) is 0 Å². The molecule has 0 saturated heterocycles. The summed E-state index contributed by atoms with van der Waals surface area (Å²) in [6.07, 6.45) is 13.4. The van der Waals surface area contributed by atoms with E-state index in [2.05, 4.69) is 20.8 Å². The zero-order valence-electron chi connectivity index (χ0n) is 16.0. The first kappa shape index (κ1) is 16.9. The van der Waals surface area contributed by atoms with Gasteiger partial charge in [0.05, 0.1) is 0 Å². The van der Waals surface area contributed by atoms with Crippen molar-refractivity contribution in [3.05, 3.63) is 0 Å². The van der Waals surface area contributed by atoms with Crippen LogP contribution in [0.2, 0.25) is 0 Å². The van der Waals surface area contributed by atoms with Gasteiger partial charge in [-0.3, -0.25) is 4.79 Å². The Bertz CT molecular complexity index is 516. The third-order valence-electron chi connectivity index (χ3n) is 9.76. The predicted octanol–water partition coefficient (Wildman–Crippen LogP) is 5.16. The van der Waals surface area contributed by atoms with Crippen LogP contribution in [0, 0.1) is 46.3 Å². The number of amides is 1. The van der Waals surface area contributed by atoms with E-state index in [0.29, 0.717) is 10.8 Å². The average molecular weight is 332 g/mol. The summed E-state index contributed by atoms with van der Waals surface area (Å²) in [7, 11) is 0. The average Bonchev–Trinajstić information content (AvgIpc) is 2.90. The predicted molar refractivity (Wildman–Crippen MR) is 98.2 cm³/mol. The van der Waals surface area contributed by atoms with E-state index in [4.69, 9.17) is 5.73 Å². The first-order chi connectivity index (χ1) is 11.4. The lowest BCUT2D eigenvalue weighted by atomic mass is 9.44. The van der Waals surface area contributed by atoms with Gasteiger partial charge in [-0.15, -0.1) is 0 Å². The van der Waals surface area contributed by atoms with E-state index in [0.717, 1.165) is 42.4 Å². The van der Waals surface area contributed by atoms with Crippen molar-refractivity contribution in [3.63, 3.8) is 0 Å². The molecule has 1 unspecified atom stereocenters. The maximum absolute atomic E-state index is 11.7. The molecule has 0 aromatic rings. The van der Waals surface area contributed by atoms with Crippen molar-refractivity contribution in [2.24, 2.45) is 52.1 Å². The molecule has 0 heterocycles. The Hall–Kier alpha value is -0.530. The molecule has 0 bridgehead atoms. The first-order valence-electron chi connectivity index (χ1n) is 10.7. The molecule has 8 atom stereocenters. The third kappa shape index (κ3) is 2.23. The fraction of sp³-hybridized carbons (Fsp3) is 0.955. The van der Waals surface area contributed by atoms with Gasteiger partial charge in [0, 0.05) is 5.92 Å². The van der Waals surface area contributed by atoms with Crippen molar-refractivity contribution in [2.45, 2.75) is 85.0 Å². The Morgan fingerprint density at radius 3 is 2.38 bits per heavy atom. The van der Waals surface area contributed by atoms with Gasteiger partial charge in [0.25, 0.3) is 0 Å². The second-order valence-corrected chi connectivity index (χ2v) is 10.3. The molecule has 0 radical (unpaired) electrons. The molecule has 4 aliphatic rings. The van der Waals surface area contributed by atoms with E-state index in [9.17, 15) is 4.79 Å². The summed E-state index contributed by atoms with van der Waals surface area (Å²) in [6.45, 7) is 7.63. The van der Waals surface area contributed by atoms with Crippen LogP contribution in [0.15, 0.2) is 0 Å². The zero-order chi connectivity index (χ0) is 17.1. The Kier molecular flexibility index (Phi) is 4.05. The van der Waals surface area contributed by atoms with Crippen LogP contribution in [0.5, 0.6) is 0 Å². The van der Waals surface area contributed by atoms with Crippen molar-refractivity contribution in [1.29, 1.82) is 0 Å². The molecule has 2 nitrogen and oxygen atoms in total. The molecule has 24 heavy (non-hydrogen) atoms. The van der Waals surface area contributed by atoms with E-state index in [1.54, 1.807) is 0 Å². The number of hydrogen-bond acceptors (Lipinski definition) is 1. The van der Waals surface area contributed by atoms with Gasteiger partial charge in [-0.25, -0.2) is 0 Å². The minimum Gasteiger partial charge on any atom is -0.369 e. The Labute approximate surface area is 148 Å². The van der Waals surface area contributed by atoms with Crippen LogP contribution < -0.4 is 5.73 Å². The summed E-state index contributed by atoms with van der Waals surface area (Å²) in [5, 5.41) is 0. The van der Waals surface area contributed by atoms with Gasteiger partial charge in [0.2, 0.25) is 5.91 Å². The van der Waals surface area contributed by atoms with Gasteiger partial charge in [0.15, 0.2) is 0 Å². The topological polar surface area (TPSA) is 43.1 Å². The summed E-state index contributed by atoms with van der Waals surface area (Å²) >= 11 is 0. The van der Waals surface area contributed by atoms with Crippen molar-refractivity contribution in [2.75, 3.05) is 0 Å². The maximum Gasteiger partial charge on any atom is 0.220 e. The molecule has 1 amide bonds. The SMILES string of the molecule is CC[C@H]1CC[C@H]2[C@@H]3CCC4C[C@@H](C(N)=O)CC[C@]4(C)[C@H]3CC[C@]12C. The second kappa shape index (κ2) is 5.74. The first-order valence-corrected chi connectivity index (χ1v) is 10.7. The highest BCUT2D eigenvalue weighted by molar-refractivity contribution is 5.76. The van der Waals surface area contributed by atoms with E-state index in [-0.39, 0.29) is 11.8 Å². The van der Waals surface area contributed by atoms with E-state index in [1.165, 1.54) is 51.4 Å². The van der Waals surface area contributed by atoms with Crippen molar-refractivity contribution < 1.29 is 4.79 Å². The largest absolute Gasteiger partial charge is 0.369 e. The Morgan fingerprint density at radius 1 is 0.958 bits per heavy atom. The van der Waals surface area contributed by atoms with E-state index in [1.807, 2.05) is 0 Å². The summed E-state index contributed by atoms with van der Waals surface area (Å²) < 4.78 is 0. The van der Waals surface area contributed by atoms with Gasteiger partial charge >= 0.3 is 0 Å². The summed E-state index contributed by atoms with van der Waals surface area (Å²) in [5.41, 5.74) is 6.76. The van der Waals surface area contributed by atoms with Gasteiger partial charge in [-0.2, -0.15) is 0 Å². The fourth-order valence-electron chi connectivity index (χ4n) is 8.30. The van der Waals surface area contributed by atoms with Crippen molar-refractivity contribution in [3.8, 4) is 0 Å². The number of rotatable bonds is 2. The highest BCUT2D eigenvalue weighted by atomic mass is 16.1. The highest BCUT2D eigenvalue weighted by Gasteiger charge is 2.59. The molecule has 4 aliphatic carbocycles. The summed E-state index contributed by atoms with van der Waals surface area (Å²) in [5.74, 6) is 4.69. The molecule has 0 aromatic heterocycles. The molecule has 0 aromatic carbocycles. The second-order valence-electron chi connectivity index (χ2n) is 10.3. The van der Waals surface area contributed by atoms with Crippen LogP contribution in [0.4, 0.5) is 0 Å². The van der Waals surface area contributed by atoms with Crippen LogP contribution in [-0.4, -0.2) is 5.91 Å². The number of fused-ring (bicyclic) bond motifs is 5. The van der Waals surface area contributed by atoms with Crippen LogP contribution >= 0.6 is 0 Å². The zero-order valence-corrected chi connectivity index (χ0v) is 16.0. The lowest BCUT2D eigenvalue weighted by Gasteiger charge is -2.61. The van der Waals surface area contributed by atoms with Crippen LogP contribution in [-0.2, 0) is 4.79 Å². The number of carbonyl (C=O) groups excluding carboxylic acids is 1. The van der Waals surface area contributed by atoms with Gasteiger partial charge < -0.3 is 5.73 Å². The van der Waals surface area contributed by atoms with Crippen molar-refractivity contribution in [1.82, 2.24) is 0 Å². The lowest BCUT2D eigenvalue weighted by Crippen LogP contribution is -2.54. The molecule has 2 N–H and O–H groups in total. The number of hydrogen-bond donors (Lipinski definition) is 1. The molecule has 2 heteroatoms. The van der Waals surface area contributed by atoms with E-state index >= 15 is 0 Å². The molecule has 4 saturated carbocycles. The molecule has 4 rings (SSSR count). The normalized spacial score (nSPS) is 53.8. The highest BCUT2D eigenvalue weighted by Crippen LogP contribution is 2.68. The summed E-state index contributed by atoms with van der Waals surface area (Å²) in [6, 6.07) is 0. The number of nitrogens with two attached hydrogens (primary N) is 1. The molecule has 0 aliphatic heterocycles. The quantitative estimate of drug-likeness (QED) is 0.746. The third-order valence-corrected chi connectivity index (χ3v) is 9.76. The molecule has 4 fully saturated rings. The Balaban J connectivity index is 1.57. The summed E-state index contributed by atoms with van der Waals surface area (Å²) in [4.78, 5) is 11.7. The van der Waals surface area contributed by atoms with Gasteiger partial charge in [-0.05, 0) is 98.2 Å². The minimum atomic E-state index is -0.0445. The maximum atomic E-state index is 11.7. The van der Waals surface area contributed by atoms with Crippen LogP contribution in [0.25, 0.3) is 0 Å². The minimum absolute atomic E-state index is 0.0445. The monoisotopic (exact) mass is 331 g/mol. The van der Waals surface area contributed by atoms with Gasteiger partial charge in [0.1, 0.15) is 0 Å². The standard InChI is InChI=1S/C22H37NO/c1-4-15-6-8-18-17-7-5-16-13-14(20(23)24)9-11-22(16,3)19(17)10-12-21(15,18)2/h14-19H,4-13H2,1-3H3,(H2,23,24)/t14-,15-,16?,17-,18-,19-,21+,22-/m0/s1. The van der Waals surface area contributed by atoms with Gasteiger partial charge in [-0.1, -0.05) is 27.2 Å². The van der Waals surface area contributed by atoms with Crippen LogP contribution in [0.1, 0.15) is 85.0 Å². The smallest absolute Gasteiger partial charge is 0.220 e. The number of primary amides is 1. The number of carbonyl (C=O) groups is 1. The molecule has 0 spiro atoms. The van der Waals surface area contributed by atoms with Crippen molar-refractivity contribution >= 4 is 5.91 Å². The fourth-order valence-corrected chi connectivity index (χ4v) is 8.30. The van der Waals surface area contributed by atoms with E-state index < -0.39 is 0 Å². The molecular formula is C22H37NO. The molecular weight excluding hydrogens is 294 g/mol. The lowest BCUT2D eigenvalue weighted by molar-refractivity contribution is -0.135. The molecule has 136 valence electrons.